The summed E-state index contributed by atoms with van der Waals surface area (Å²) in [6.07, 6.45) is 2.61. The summed E-state index contributed by atoms with van der Waals surface area (Å²) in [7, 11) is 1.63. The summed E-state index contributed by atoms with van der Waals surface area (Å²) in [5.41, 5.74) is 2.66. The molecule has 0 radical (unpaired) electrons. The van der Waals surface area contributed by atoms with Crippen molar-refractivity contribution < 1.29 is 4.74 Å². The molecule has 2 aromatic rings. The molecule has 0 aromatic carbocycles. The molecule has 0 unspecified atom stereocenters. The minimum atomic E-state index is 0.405. The molecule has 0 fully saturated rings. The first kappa shape index (κ1) is 14.6. The Bertz CT molecular complexity index is 592. The van der Waals surface area contributed by atoms with Crippen LogP contribution < -0.4 is 0 Å². The maximum atomic E-state index is 6.16. The molecule has 0 amide bonds. The monoisotopic (exact) mass is 389 g/mol. The van der Waals surface area contributed by atoms with Crippen LogP contribution in [0.3, 0.4) is 0 Å². The number of pyridine rings is 1. The first-order chi connectivity index (χ1) is 9.17. The van der Waals surface area contributed by atoms with Gasteiger partial charge in [-0.25, -0.2) is 9.97 Å². The molecule has 0 atom stereocenters. The third-order valence-corrected chi connectivity index (χ3v) is 4.37. The fourth-order valence-corrected chi connectivity index (χ4v) is 2.31. The van der Waals surface area contributed by atoms with Crippen molar-refractivity contribution in [1.29, 1.82) is 0 Å². The number of nitrogens with zero attached hydrogens (tertiary/aromatic N) is 3. The van der Waals surface area contributed by atoms with Crippen molar-refractivity contribution >= 4 is 34.2 Å². The van der Waals surface area contributed by atoms with Gasteiger partial charge in [0.05, 0.1) is 15.9 Å². The molecule has 0 aliphatic carbocycles. The molecule has 0 N–H and O–H groups in total. The molecular formula is C13H13ClIN3O. The minimum Gasteiger partial charge on any atom is -0.378 e. The topological polar surface area (TPSA) is 47.9 Å². The third kappa shape index (κ3) is 3.21. The lowest BCUT2D eigenvalue weighted by Crippen LogP contribution is -2.04. The second kappa shape index (κ2) is 6.58. The molecule has 6 heteroatoms. The van der Waals surface area contributed by atoms with Crippen molar-refractivity contribution in [2.45, 2.75) is 20.0 Å². The SMILES string of the molecule is CCc1cccnc1-c1nc(Cl)c(I)c(COC)n1. The number of methoxy groups -OCH3 is 1. The van der Waals surface area contributed by atoms with E-state index in [0.29, 0.717) is 17.6 Å². The Morgan fingerprint density at radius 2 is 2.16 bits per heavy atom. The van der Waals surface area contributed by atoms with E-state index < -0.39 is 0 Å². The average Bonchev–Trinajstić information content (AvgIpc) is 2.43. The predicted octanol–water partition coefficient (Wildman–Crippen LogP) is 3.51. The number of hydrogen-bond donors (Lipinski definition) is 0. The Morgan fingerprint density at radius 1 is 1.37 bits per heavy atom. The van der Waals surface area contributed by atoms with E-state index in [1.165, 1.54) is 0 Å². The Morgan fingerprint density at radius 3 is 2.84 bits per heavy atom. The van der Waals surface area contributed by atoms with Crippen molar-refractivity contribution in [3.8, 4) is 11.5 Å². The third-order valence-electron chi connectivity index (χ3n) is 2.64. The predicted molar refractivity (Wildman–Crippen MR) is 83.1 cm³/mol. The Balaban J connectivity index is 2.56. The van der Waals surface area contributed by atoms with Crippen LogP contribution in [0.15, 0.2) is 18.3 Å². The highest BCUT2D eigenvalue weighted by Gasteiger charge is 2.14. The van der Waals surface area contributed by atoms with Crippen LogP contribution in [0.25, 0.3) is 11.5 Å². The van der Waals surface area contributed by atoms with Gasteiger partial charge in [0.1, 0.15) is 10.8 Å². The van der Waals surface area contributed by atoms with Crippen LogP contribution in [0.5, 0.6) is 0 Å². The molecule has 2 heterocycles. The lowest BCUT2D eigenvalue weighted by Gasteiger charge is -2.09. The molecule has 0 spiro atoms. The zero-order chi connectivity index (χ0) is 13.8. The summed E-state index contributed by atoms with van der Waals surface area (Å²) < 4.78 is 5.96. The van der Waals surface area contributed by atoms with Crippen LogP contribution in [-0.2, 0) is 17.8 Å². The maximum absolute atomic E-state index is 6.16. The molecule has 0 aliphatic heterocycles. The summed E-state index contributed by atoms with van der Waals surface area (Å²) in [5.74, 6) is 0.551. The second-order valence-corrected chi connectivity index (χ2v) is 5.33. The fourth-order valence-electron chi connectivity index (χ4n) is 1.73. The summed E-state index contributed by atoms with van der Waals surface area (Å²) in [5, 5.41) is 0.436. The van der Waals surface area contributed by atoms with Crippen LogP contribution >= 0.6 is 34.2 Å². The molecule has 0 aliphatic rings. The highest BCUT2D eigenvalue weighted by molar-refractivity contribution is 14.1. The van der Waals surface area contributed by atoms with E-state index in [9.17, 15) is 0 Å². The van der Waals surface area contributed by atoms with Crippen LogP contribution in [-0.4, -0.2) is 22.1 Å². The average molecular weight is 390 g/mol. The van der Waals surface area contributed by atoms with E-state index >= 15 is 0 Å². The van der Waals surface area contributed by atoms with Crippen molar-refractivity contribution in [2.75, 3.05) is 7.11 Å². The lowest BCUT2D eigenvalue weighted by molar-refractivity contribution is 0.181. The van der Waals surface area contributed by atoms with Gasteiger partial charge >= 0.3 is 0 Å². The number of halogens is 2. The van der Waals surface area contributed by atoms with E-state index in [4.69, 9.17) is 16.3 Å². The standard InChI is InChI=1S/C13H13ClIN3O/c1-3-8-5-4-6-16-11(8)13-17-9(7-19-2)10(15)12(14)18-13/h4-6H,3,7H2,1-2H3. The highest BCUT2D eigenvalue weighted by Crippen LogP contribution is 2.25. The maximum Gasteiger partial charge on any atom is 0.180 e. The van der Waals surface area contributed by atoms with Crippen LogP contribution in [0.2, 0.25) is 5.15 Å². The van der Waals surface area contributed by atoms with Gasteiger partial charge in [-0.15, -0.1) is 0 Å². The van der Waals surface area contributed by atoms with Gasteiger partial charge in [-0.3, -0.25) is 4.98 Å². The van der Waals surface area contributed by atoms with Gasteiger partial charge in [0, 0.05) is 13.3 Å². The first-order valence-electron chi connectivity index (χ1n) is 5.82. The molecule has 4 nitrogen and oxygen atoms in total. The Kier molecular flexibility index (Phi) is 5.06. The Labute approximate surface area is 130 Å². The first-order valence-corrected chi connectivity index (χ1v) is 7.28. The van der Waals surface area contributed by atoms with Crippen LogP contribution in [0.4, 0.5) is 0 Å². The van der Waals surface area contributed by atoms with Gasteiger partial charge < -0.3 is 4.74 Å². The van der Waals surface area contributed by atoms with Gasteiger partial charge in [-0.1, -0.05) is 24.6 Å². The van der Waals surface area contributed by atoms with E-state index in [-0.39, 0.29) is 0 Å². The lowest BCUT2D eigenvalue weighted by atomic mass is 10.1. The van der Waals surface area contributed by atoms with E-state index in [1.807, 2.05) is 12.1 Å². The number of aromatic nitrogens is 3. The fraction of sp³-hybridized carbons (Fsp3) is 0.308. The largest absolute Gasteiger partial charge is 0.378 e. The van der Waals surface area contributed by atoms with Crippen molar-refractivity contribution in [1.82, 2.24) is 15.0 Å². The molecular weight excluding hydrogens is 377 g/mol. The molecule has 0 saturated heterocycles. The summed E-state index contributed by atoms with van der Waals surface area (Å²) >= 11 is 8.28. The van der Waals surface area contributed by atoms with Gasteiger partial charge in [-0.05, 0) is 40.6 Å². The van der Waals surface area contributed by atoms with Crippen LogP contribution in [0, 0.1) is 3.57 Å². The number of aryl methyl sites for hydroxylation is 1. The summed E-state index contributed by atoms with van der Waals surface area (Å²) in [6, 6.07) is 3.93. The van der Waals surface area contributed by atoms with E-state index in [2.05, 4.69) is 44.5 Å². The molecule has 0 saturated carbocycles. The van der Waals surface area contributed by atoms with Crippen LogP contribution in [0.1, 0.15) is 18.2 Å². The summed E-state index contributed by atoms with van der Waals surface area (Å²) in [6.45, 7) is 2.48. The zero-order valence-corrected chi connectivity index (χ0v) is 13.6. The molecule has 0 bridgehead atoms. The minimum absolute atomic E-state index is 0.405. The smallest absolute Gasteiger partial charge is 0.180 e. The second-order valence-electron chi connectivity index (χ2n) is 3.90. The number of rotatable bonds is 4. The molecule has 2 aromatic heterocycles. The number of ether oxygens (including phenoxy) is 1. The Hall–Kier alpha value is -0.790. The van der Waals surface area contributed by atoms with Gasteiger partial charge in [0.2, 0.25) is 0 Å². The molecule has 100 valence electrons. The highest BCUT2D eigenvalue weighted by atomic mass is 127. The van der Waals surface area contributed by atoms with Gasteiger partial charge in [0.25, 0.3) is 0 Å². The quantitative estimate of drug-likeness (QED) is 0.593. The van der Waals surface area contributed by atoms with Crippen molar-refractivity contribution in [3.05, 3.63) is 38.3 Å². The zero-order valence-electron chi connectivity index (χ0n) is 10.7. The van der Waals surface area contributed by atoms with E-state index in [1.54, 1.807) is 13.3 Å². The normalized spacial score (nSPS) is 10.7. The van der Waals surface area contributed by atoms with Gasteiger partial charge in [-0.2, -0.15) is 0 Å². The van der Waals surface area contributed by atoms with Crippen molar-refractivity contribution in [2.24, 2.45) is 0 Å². The van der Waals surface area contributed by atoms with Crippen molar-refractivity contribution in [3.63, 3.8) is 0 Å². The molecule has 19 heavy (non-hydrogen) atoms. The molecule has 2 rings (SSSR count). The number of hydrogen-bond acceptors (Lipinski definition) is 4. The summed E-state index contributed by atoms with van der Waals surface area (Å²) in [4.78, 5) is 13.2. The van der Waals surface area contributed by atoms with E-state index in [0.717, 1.165) is 26.9 Å². The van der Waals surface area contributed by atoms with Gasteiger partial charge in [0.15, 0.2) is 5.82 Å².